The Morgan fingerprint density at radius 1 is 1.67 bits per heavy atom. The van der Waals surface area contributed by atoms with Gasteiger partial charge in [-0.05, 0) is 38.3 Å². The lowest BCUT2D eigenvalue weighted by molar-refractivity contribution is 0.193. The van der Waals surface area contributed by atoms with Crippen LogP contribution >= 0.6 is 0 Å². The molecule has 1 amide bonds. The summed E-state index contributed by atoms with van der Waals surface area (Å²) in [7, 11) is 0. The summed E-state index contributed by atoms with van der Waals surface area (Å²) in [5.41, 5.74) is 0. The molecule has 12 heavy (non-hydrogen) atoms. The maximum atomic E-state index is 10.1. The van der Waals surface area contributed by atoms with E-state index in [9.17, 15) is 4.79 Å². The summed E-state index contributed by atoms with van der Waals surface area (Å²) in [5.74, 6) is 0.658. The van der Waals surface area contributed by atoms with Crippen molar-refractivity contribution in [2.24, 2.45) is 5.92 Å². The summed E-state index contributed by atoms with van der Waals surface area (Å²) < 4.78 is 0. The number of rotatable bonds is 3. The molecule has 0 bridgehead atoms. The van der Waals surface area contributed by atoms with Crippen LogP contribution in [0.25, 0.3) is 0 Å². The minimum Gasteiger partial charge on any atom is -0.465 e. The Kier molecular flexibility index (Phi) is 3.87. The SMILES string of the molecule is O=C(O)NCCC1CCCNC1. The average Bonchev–Trinajstić information content (AvgIpc) is 2.05. The molecule has 0 saturated carbocycles. The van der Waals surface area contributed by atoms with E-state index in [0.717, 1.165) is 19.5 Å². The van der Waals surface area contributed by atoms with Crippen molar-refractivity contribution in [3.05, 3.63) is 0 Å². The Bertz CT molecular complexity index is 144. The van der Waals surface area contributed by atoms with Gasteiger partial charge in [-0.1, -0.05) is 0 Å². The topological polar surface area (TPSA) is 61.4 Å². The molecule has 1 atom stereocenters. The Morgan fingerprint density at radius 2 is 2.50 bits per heavy atom. The second kappa shape index (κ2) is 4.98. The molecule has 0 aromatic rings. The van der Waals surface area contributed by atoms with Crippen LogP contribution in [-0.4, -0.2) is 30.8 Å². The van der Waals surface area contributed by atoms with Crippen molar-refractivity contribution in [3.63, 3.8) is 0 Å². The van der Waals surface area contributed by atoms with E-state index in [2.05, 4.69) is 10.6 Å². The van der Waals surface area contributed by atoms with Crippen molar-refractivity contribution in [2.75, 3.05) is 19.6 Å². The first kappa shape index (κ1) is 9.32. The first-order valence-corrected chi connectivity index (χ1v) is 4.46. The normalized spacial score (nSPS) is 23.5. The maximum Gasteiger partial charge on any atom is 0.404 e. The number of carbonyl (C=O) groups is 1. The van der Waals surface area contributed by atoms with Crippen LogP contribution in [0.5, 0.6) is 0 Å². The molecule has 0 aliphatic carbocycles. The molecule has 1 unspecified atom stereocenters. The van der Waals surface area contributed by atoms with E-state index < -0.39 is 6.09 Å². The molecule has 70 valence electrons. The van der Waals surface area contributed by atoms with Gasteiger partial charge in [-0.15, -0.1) is 0 Å². The van der Waals surface area contributed by atoms with Crippen molar-refractivity contribution >= 4 is 6.09 Å². The first-order chi connectivity index (χ1) is 5.79. The van der Waals surface area contributed by atoms with Gasteiger partial charge in [-0.2, -0.15) is 0 Å². The van der Waals surface area contributed by atoms with Crippen LogP contribution in [0.4, 0.5) is 4.79 Å². The highest BCUT2D eigenvalue weighted by atomic mass is 16.4. The lowest BCUT2D eigenvalue weighted by Gasteiger charge is -2.22. The van der Waals surface area contributed by atoms with Gasteiger partial charge in [0.15, 0.2) is 0 Å². The van der Waals surface area contributed by atoms with Crippen LogP contribution in [0.1, 0.15) is 19.3 Å². The smallest absolute Gasteiger partial charge is 0.404 e. The van der Waals surface area contributed by atoms with Crippen molar-refractivity contribution < 1.29 is 9.90 Å². The Morgan fingerprint density at radius 3 is 3.08 bits per heavy atom. The molecule has 1 rings (SSSR count). The molecule has 4 heteroatoms. The van der Waals surface area contributed by atoms with Crippen LogP contribution in [0.15, 0.2) is 0 Å². The third-order valence-electron chi connectivity index (χ3n) is 2.23. The van der Waals surface area contributed by atoms with Gasteiger partial charge < -0.3 is 15.7 Å². The minimum atomic E-state index is -0.918. The second-order valence-electron chi connectivity index (χ2n) is 3.23. The lowest BCUT2D eigenvalue weighted by atomic mass is 9.96. The van der Waals surface area contributed by atoms with E-state index in [0.29, 0.717) is 12.5 Å². The molecule has 0 aromatic carbocycles. The van der Waals surface area contributed by atoms with E-state index in [1.54, 1.807) is 0 Å². The predicted octanol–water partition coefficient (Wildman–Crippen LogP) is 0.644. The number of piperidine rings is 1. The number of carboxylic acid groups (broad SMARTS) is 1. The van der Waals surface area contributed by atoms with Gasteiger partial charge in [0.25, 0.3) is 0 Å². The zero-order valence-electron chi connectivity index (χ0n) is 7.18. The standard InChI is InChI=1S/C8H16N2O2/c11-8(12)10-5-3-7-2-1-4-9-6-7/h7,9-10H,1-6H2,(H,11,12). The van der Waals surface area contributed by atoms with Gasteiger partial charge in [0.05, 0.1) is 0 Å². The van der Waals surface area contributed by atoms with Crippen LogP contribution in [0.2, 0.25) is 0 Å². The van der Waals surface area contributed by atoms with Crippen molar-refractivity contribution in [3.8, 4) is 0 Å². The monoisotopic (exact) mass is 172 g/mol. The van der Waals surface area contributed by atoms with E-state index in [1.807, 2.05) is 0 Å². The van der Waals surface area contributed by atoms with Crippen LogP contribution in [0, 0.1) is 5.92 Å². The largest absolute Gasteiger partial charge is 0.465 e. The minimum absolute atomic E-state index is 0.585. The molecular weight excluding hydrogens is 156 g/mol. The number of amides is 1. The fourth-order valence-electron chi connectivity index (χ4n) is 1.55. The summed E-state index contributed by atoms with van der Waals surface area (Å²) in [6, 6.07) is 0. The molecule has 4 nitrogen and oxygen atoms in total. The number of hydrogen-bond donors (Lipinski definition) is 3. The molecule has 1 aliphatic rings. The summed E-state index contributed by atoms with van der Waals surface area (Å²) >= 11 is 0. The van der Waals surface area contributed by atoms with E-state index in [4.69, 9.17) is 5.11 Å². The van der Waals surface area contributed by atoms with Crippen LogP contribution < -0.4 is 10.6 Å². The zero-order valence-corrected chi connectivity index (χ0v) is 7.18. The van der Waals surface area contributed by atoms with Crippen molar-refractivity contribution in [2.45, 2.75) is 19.3 Å². The van der Waals surface area contributed by atoms with Gasteiger partial charge in [-0.3, -0.25) is 0 Å². The van der Waals surface area contributed by atoms with Crippen molar-refractivity contribution in [1.82, 2.24) is 10.6 Å². The van der Waals surface area contributed by atoms with E-state index >= 15 is 0 Å². The molecule has 0 radical (unpaired) electrons. The lowest BCUT2D eigenvalue weighted by Crippen LogP contribution is -2.32. The van der Waals surface area contributed by atoms with Gasteiger partial charge in [-0.25, -0.2) is 4.79 Å². The highest BCUT2D eigenvalue weighted by Crippen LogP contribution is 2.12. The van der Waals surface area contributed by atoms with Crippen LogP contribution in [0.3, 0.4) is 0 Å². The maximum absolute atomic E-state index is 10.1. The zero-order chi connectivity index (χ0) is 8.81. The molecule has 1 fully saturated rings. The quantitative estimate of drug-likeness (QED) is 0.585. The summed E-state index contributed by atoms with van der Waals surface area (Å²) in [4.78, 5) is 10.1. The summed E-state index contributed by atoms with van der Waals surface area (Å²) in [6.07, 6.45) is 2.49. The highest BCUT2D eigenvalue weighted by Gasteiger charge is 2.12. The second-order valence-corrected chi connectivity index (χ2v) is 3.23. The molecule has 3 N–H and O–H groups in total. The molecule has 0 aromatic heterocycles. The Balaban J connectivity index is 2.01. The fourth-order valence-corrected chi connectivity index (χ4v) is 1.55. The number of hydrogen-bond acceptors (Lipinski definition) is 2. The third kappa shape index (κ3) is 3.57. The highest BCUT2D eigenvalue weighted by molar-refractivity contribution is 5.64. The Labute approximate surface area is 72.3 Å². The third-order valence-corrected chi connectivity index (χ3v) is 2.23. The molecular formula is C8H16N2O2. The molecule has 1 aliphatic heterocycles. The van der Waals surface area contributed by atoms with E-state index in [1.165, 1.54) is 12.8 Å². The molecule has 0 spiro atoms. The average molecular weight is 172 g/mol. The predicted molar refractivity (Wildman–Crippen MR) is 46.2 cm³/mol. The van der Waals surface area contributed by atoms with Crippen LogP contribution in [-0.2, 0) is 0 Å². The van der Waals surface area contributed by atoms with Gasteiger partial charge in [0, 0.05) is 6.54 Å². The van der Waals surface area contributed by atoms with Gasteiger partial charge in [0.1, 0.15) is 0 Å². The van der Waals surface area contributed by atoms with Gasteiger partial charge in [0.2, 0.25) is 0 Å². The fraction of sp³-hybridized carbons (Fsp3) is 0.875. The molecule has 1 saturated heterocycles. The van der Waals surface area contributed by atoms with E-state index in [-0.39, 0.29) is 0 Å². The summed E-state index contributed by atoms with van der Waals surface area (Å²) in [5, 5.41) is 14.0. The number of nitrogens with one attached hydrogen (secondary N) is 2. The van der Waals surface area contributed by atoms with Gasteiger partial charge >= 0.3 is 6.09 Å². The summed E-state index contributed by atoms with van der Waals surface area (Å²) in [6.45, 7) is 2.74. The first-order valence-electron chi connectivity index (χ1n) is 4.46. The van der Waals surface area contributed by atoms with Crippen molar-refractivity contribution in [1.29, 1.82) is 0 Å². The molecule has 1 heterocycles. The Hall–Kier alpha value is -0.770.